The molecule has 2 aromatic carbocycles. The van der Waals surface area contributed by atoms with E-state index in [2.05, 4.69) is 49.1 Å². The number of rotatable bonds is 3. The van der Waals surface area contributed by atoms with Gasteiger partial charge in [0.2, 0.25) is 5.72 Å². The molecular weight excluding hydrogens is 314 g/mol. The Bertz CT molecular complexity index is 843. The van der Waals surface area contributed by atoms with Crippen LogP contribution < -0.4 is 14.4 Å². The molecular formula is C21H23NO3. The van der Waals surface area contributed by atoms with Crippen molar-refractivity contribution in [2.24, 2.45) is 0 Å². The number of methoxy groups -OCH3 is 1. The van der Waals surface area contributed by atoms with Gasteiger partial charge < -0.3 is 19.5 Å². The summed E-state index contributed by atoms with van der Waals surface area (Å²) < 4.78 is 11.9. The molecule has 4 rings (SSSR count). The van der Waals surface area contributed by atoms with Crippen LogP contribution in [0.4, 0.5) is 5.69 Å². The van der Waals surface area contributed by atoms with E-state index in [1.807, 2.05) is 24.3 Å². The lowest BCUT2D eigenvalue weighted by Crippen LogP contribution is -2.60. The summed E-state index contributed by atoms with van der Waals surface area (Å²) in [6.07, 6.45) is 4.21. The zero-order valence-electron chi connectivity index (χ0n) is 14.8. The molecule has 1 atom stereocenters. The van der Waals surface area contributed by atoms with Crippen LogP contribution in [0.1, 0.15) is 25.0 Å². The number of hydrogen-bond donors (Lipinski definition) is 1. The number of nitrogens with zero attached hydrogens (tertiary/aromatic N) is 1. The van der Waals surface area contributed by atoms with Gasteiger partial charge in [-0.05, 0) is 55.8 Å². The van der Waals surface area contributed by atoms with Gasteiger partial charge in [0.1, 0.15) is 11.5 Å². The summed E-state index contributed by atoms with van der Waals surface area (Å²) in [6, 6.07) is 14.2. The van der Waals surface area contributed by atoms with E-state index in [9.17, 15) is 5.11 Å². The highest BCUT2D eigenvalue weighted by molar-refractivity contribution is 5.72. The van der Waals surface area contributed by atoms with Gasteiger partial charge in [0.05, 0.1) is 19.1 Å². The number of aliphatic hydroxyl groups is 1. The lowest BCUT2D eigenvalue weighted by atomic mass is 9.76. The minimum absolute atomic E-state index is 0.0683. The van der Waals surface area contributed by atoms with Crippen LogP contribution in [0.2, 0.25) is 0 Å². The normalized spacial score (nSPS) is 22.5. The van der Waals surface area contributed by atoms with Crippen molar-refractivity contribution in [2.45, 2.75) is 25.0 Å². The molecule has 2 aliphatic rings. The van der Waals surface area contributed by atoms with Gasteiger partial charge >= 0.3 is 0 Å². The molecule has 0 aromatic heterocycles. The third-order valence-corrected chi connectivity index (χ3v) is 5.46. The molecule has 0 fully saturated rings. The molecule has 1 spiro atoms. The average Bonchev–Trinajstić information content (AvgIpc) is 2.81. The Labute approximate surface area is 148 Å². The fourth-order valence-corrected chi connectivity index (χ4v) is 4.10. The SMILES string of the molecule is COc1ccc2c(c1)C=C[C@@]1(O2)N(CCO)c2ccccc2C1(C)C. The van der Waals surface area contributed by atoms with Crippen molar-refractivity contribution in [1.29, 1.82) is 0 Å². The molecule has 0 bridgehead atoms. The first kappa shape index (κ1) is 16.0. The Balaban J connectivity index is 1.86. The Morgan fingerprint density at radius 1 is 1.16 bits per heavy atom. The molecule has 1 N–H and O–H groups in total. The molecule has 0 unspecified atom stereocenters. The molecule has 4 heteroatoms. The van der Waals surface area contributed by atoms with Gasteiger partial charge in [-0.3, -0.25) is 0 Å². The van der Waals surface area contributed by atoms with Crippen molar-refractivity contribution >= 4 is 11.8 Å². The zero-order valence-corrected chi connectivity index (χ0v) is 14.8. The Morgan fingerprint density at radius 3 is 2.72 bits per heavy atom. The van der Waals surface area contributed by atoms with Crippen molar-refractivity contribution in [3.05, 3.63) is 59.7 Å². The number of β-amino-alcohol motifs (C(OH)–C–C–N with tert-alkyl or cyclic N) is 1. The zero-order chi connectivity index (χ0) is 17.7. The number of fused-ring (bicyclic) bond motifs is 2. The van der Waals surface area contributed by atoms with Crippen LogP contribution in [0.5, 0.6) is 11.5 Å². The van der Waals surface area contributed by atoms with Crippen molar-refractivity contribution in [1.82, 2.24) is 0 Å². The average molecular weight is 337 g/mol. The van der Waals surface area contributed by atoms with Crippen LogP contribution in [0.25, 0.3) is 6.08 Å². The van der Waals surface area contributed by atoms with Crippen LogP contribution in [-0.4, -0.2) is 31.1 Å². The van der Waals surface area contributed by atoms with E-state index in [1.54, 1.807) is 7.11 Å². The minimum atomic E-state index is -0.666. The maximum atomic E-state index is 9.66. The standard InChI is InChI=1S/C21H23NO3/c1-20(2)17-6-4-5-7-18(17)22(12-13-23)21(20)11-10-15-14-16(24-3)8-9-19(15)25-21/h4-11,14,23H,12-13H2,1-3H3/t21-/m0/s1. The fourth-order valence-electron chi connectivity index (χ4n) is 4.10. The fraction of sp³-hybridized carbons (Fsp3) is 0.333. The predicted octanol–water partition coefficient (Wildman–Crippen LogP) is 3.59. The number of anilines is 1. The second kappa shape index (κ2) is 5.53. The Hall–Kier alpha value is -2.46. The summed E-state index contributed by atoms with van der Waals surface area (Å²) in [7, 11) is 1.66. The van der Waals surface area contributed by atoms with Gasteiger partial charge in [0.15, 0.2) is 0 Å². The molecule has 0 amide bonds. The molecule has 0 radical (unpaired) electrons. The Kier molecular flexibility index (Phi) is 3.55. The smallest absolute Gasteiger partial charge is 0.212 e. The second-order valence-corrected chi connectivity index (χ2v) is 7.05. The van der Waals surface area contributed by atoms with Crippen molar-refractivity contribution in [2.75, 3.05) is 25.2 Å². The van der Waals surface area contributed by atoms with E-state index in [1.165, 1.54) is 5.56 Å². The van der Waals surface area contributed by atoms with Crippen molar-refractivity contribution < 1.29 is 14.6 Å². The van der Waals surface area contributed by atoms with Gasteiger partial charge in [-0.25, -0.2) is 0 Å². The summed E-state index contributed by atoms with van der Waals surface area (Å²) in [4.78, 5) is 2.17. The highest BCUT2D eigenvalue weighted by Crippen LogP contribution is 2.54. The monoisotopic (exact) mass is 337 g/mol. The highest BCUT2D eigenvalue weighted by Gasteiger charge is 2.58. The van der Waals surface area contributed by atoms with E-state index < -0.39 is 5.72 Å². The third kappa shape index (κ3) is 2.10. The van der Waals surface area contributed by atoms with Gasteiger partial charge in [-0.1, -0.05) is 18.2 Å². The number of aliphatic hydroxyl groups excluding tert-OH is 1. The number of hydrogen-bond acceptors (Lipinski definition) is 4. The van der Waals surface area contributed by atoms with Crippen molar-refractivity contribution in [3.8, 4) is 11.5 Å². The summed E-state index contributed by atoms with van der Waals surface area (Å²) in [6.45, 7) is 4.97. The highest BCUT2D eigenvalue weighted by atomic mass is 16.5. The molecule has 2 heterocycles. The van der Waals surface area contributed by atoms with Crippen LogP contribution in [0.3, 0.4) is 0 Å². The summed E-state index contributed by atoms with van der Waals surface area (Å²) in [5.74, 6) is 1.64. The second-order valence-electron chi connectivity index (χ2n) is 7.05. The Morgan fingerprint density at radius 2 is 1.96 bits per heavy atom. The summed E-state index contributed by atoms with van der Waals surface area (Å²) in [5, 5.41) is 9.66. The predicted molar refractivity (Wildman–Crippen MR) is 99.3 cm³/mol. The number of benzene rings is 2. The summed E-state index contributed by atoms with van der Waals surface area (Å²) >= 11 is 0. The van der Waals surface area contributed by atoms with Gasteiger partial charge in [-0.15, -0.1) is 0 Å². The molecule has 0 saturated heterocycles. The molecule has 0 aliphatic carbocycles. The molecule has 130 valence electrons. The maximum Gasteiger partial charge on any atom is 0.212 e. The van der Waals surface area contributed by atoms with Gasteiger partial charge in [0, 0.05) is 17.8 Å². The van der Waals surface area contributed by atoms with Gasteiger partial charge in [-0.2, -0.15) is 0 Å². The molecule has 2 aliphatic heterocycles. The minimum Gasteiger partial charge on any atom is -0.497 e. The lowest BCUT2D eigenvalue weighted by molar-refractivity contribution is 0.0504. The molecule has 2 aromatic rings. The first-order valence-electron chi connectivity index (χ1n) is 8.58. The van der Waals surface area contributed by atoms with Gasteiger partial charge in [0.25, 0.3) is 0 Å². The molecule has 25 heavy (non-hydrogen) atoms. The quantitative estimate of drug-likeness (QED) is 0.929. The van der Waals surface area contributed by atoms with Crippen LogP contribution >= 0.6 is 0 Å². The lowest BCUT2D eigenvalue weighted by Gasteiger charge is -2.47. The summed E-state index contributed by atoms with van der Waals surface area (Å²) in [5.41, 5.74) is 2.40. The van der Waals surface area contributed by atoms with Crippen molar-refractivity contribution in [3.63, 3.8) is 0 Å². The molecule has 4 nitrogen and oxygen atoms in total. The first-order chi connectivity index (χ1) is 12.0. The van der Waals surface area contributed by atoms with E-state index >= 15 is 0 Å². The number of para-hydroxylation sites is 1. The van der Waals surface area contributed by atoms with Crippen LogP contribution in [0, 0.1) is 0 Å². The topological polar surface area (TPSA) is 41.9 Å². The van der Waals surface area contributed by atoms with E-state index in [-0.39, 0.29) is 12.0 Å². The number of ether oxygens (including phenoxy) is 2. The van der Waals surface area contributed by atoms with Crippen LogP contribution in [0.15, 0.2) is 48.5 Å². The third-order valence-electron chi connectivity index (χ3n) is 5.46. The largest absolute Gasteiger partial charge is 0.497 e. The van der Waals surface area contributed by atoms with E-state index in [0.29, 0.717) is 6.54 Å². The van der Waals surface area contributed by atoms with E-state index in [4.69, 9.17) is 9.47 Å². The van der Waals surface area contributed by atoms with E-state index in [0.717, 1.165) is 22.7 Å². The maximum absolute atomic E-state index is 9.66. The van der Waals surface area contributed by atoms with Crippen LogP contribution in [-0.2, 0) is 5.41 Å². The first-order valence-corrected chi connectivity index (χ1v) is 8.58. The molecule has 0 saturated carbocycles.